The van der Waals surface area contributed by atoms with E-state index in [0.29, 0.717) is 13.0 Å². The van der Waals surface area contributed by atoms with Crippen molar-refractivity contribution in [1.29, 1.82) is 0 Å². The summed E-state index contributed by atoms with van der Waals surface area (Å²) in [5, 5.41) is 14.0. The lowest BCUT2D eigenvalue weighted by molar-refractivity contribution is 0.131. The van der Waals surface area contributed by atoms with Gasteiger partial charge in [-0.1, -0.05) is 32.3 Å². The number of rotatable bonds is 6. The number of ether oxygens (including phenoxy) is 1. The molecule has 0 aromatic heterocycles. The normalized spacial score (nSPS) is 13.6. The van der Waals surface area contributed by atoms with Crippen molar-refractivity contribution in [2.45, 2.75) is 39.7 Å². The lowest BCUT2D eigenvalue weighted by Gasteiger charge is -2.16. The molecule has 0 rings (SSSR count). The number of nitrogens with two attached hydrogens (primary N) is 1. The van der Waals surface area contributed by atoms with Gasteiger partial charge < -0.3 is 21.0 Å². The number of oxime groups is 1. The molecule has 94 valence electrons. The minimum atomic E-state index is -0.543. The predicted molar refractivity (Wildman–Crippen MR) is 61.4 cm³/mol. The summed E-state index contributed by atoms with van der Waals surface area (Å²) in [4.78, 5) is 11.3. The van der Waals surface area contributed by atoms with Crippen LogP contribution in [-0.4, -0.2) is 29.8 Å². The van der Waals surface area contributed by atoms with Gasteiger partial charge in [0.2, 0.25) is 0 Å². The van der Waals surface area contributed by atoms with Crippen LogP contribution in [0.15, 0.2) is 5.16 Å². The van der Waals surface area contributed by atoms with E-state index in [4.69, 9.17) is 15.7 Å². The van der Waals surface area contributed by atoms with Crippen LogP contribution in [0.1, 0.15) is 33.6 Å². The summed E-state index contributed by atoms with van der Waals surface area (Å²) in [6.45, 7) is 6.18. The van der Waals surface area contributed by atoms with Gasteiger partial charge in [-0.3, -0.25) is 0 Å². The molecular formula is C10H21N3O3. The third-order valence-electron chi connectivity index (χ3n) is 1.89. The van der Waals surface area contributed by atoms with Gasteiger partial charge in [0.05, 0.1) is 12.6 Å². The highest BCUT2D eigenvalue weighted by atomic mass is 16.5. The fraction of sp³-hybridized carbons (Fsp3) is 0.800. The van der Waals surface area contributed by atoms with Gasteiger partial charge in [-0.05, 0) is 12.3 Å². The maximum absolute atomic E-state index is 11.3. The van der Waals surface area contributed by atoms with E-state index in [-0.39, 0.29) is 11.8 Å². The summed E-state index contributed by atoms with van der Waals surface area (Å²) < 4.78 is 4.93. The van der Waals surface area contributed by atoms with Gasteiger partial charge in [-0.25, -0.2) is 4.79 Å². The molecule has 0 saturated heterocycles. The molecule has 6 nitrogen and oxygen atoms in total. The zero-order valence-corrected chi connectivity index (χ0v) is 10.1. The zero-order chi connectivity index (χ0) is 12.6. The molecule has 0 aliphatic heterocycles. The fourth-order valence-corrected chi connectivity index (χ4v) is 1.08. The number of nitrogens with one attached hydrogen (secondary N) is 1. The molecule has 0 fully saturated rings. The van der Waals surface area contributed by atoms with Crippen LogP contribution in [0, 0.1) is 5.92 Å². The molecule has 6 heteroatoms. The van der Waals surface area contributed by atoms with E-state index in [2.05, 4.69) is 10.5 Å². The average Bonchev–Trinajstić information content (AvgIpc) is 2.24. The van der Waals surface area contributed by atoms with E-state index >= 15 is 0 Å². The van der Waals surface area contributed by atoms with Crippen molar-refractivity contribution in [2.75, 3.05) is 6.61 Å². The van der Waals surface area contributed by atoms with Gasteiger partial charge >= 0.3 is 6.09 Å². The van der Waals surface area contributed by atoms with E-state index in [1.165, 1.54) is 0 Å². The van der Waals surface area contributed by atoms with Crippen LogP contribution in [0.4, 0.5) is 4.79 Å². The highest BCUT2D eigenvalue weighted by molar-refractivity contribution is 5.88. The molecule has 0 aromatic rings. The van der Waals surface area contributed by atoms with Gasteiger partial charge in [0, 0.05) is 0 Å². The Morgan fingerprint density at radius 2 is 2.19 bits per heavy atom. The first-order chi connectivity index (χ1) is 7.51. The molecule has 16 heavy (non-hydrogen) atoms. The Balaban J connectivity index is 4.13. The molecule has 0 saturated carbocycles. The summed E-state index contributed by atoms with van der Waals surface area (Å²) in [7, 11) is 0. The largest absolute Gasteiger partial charge is 0.449 e. The van der Waals surface area contributed by atoms with Crippen LogP contribution in [0.25, 0.3) is 0 Å². The van der Waals surface area contributed by atoms with E-state index in [1.807, 2.05) is 20.8 Å². The molecule has 1 amide bonds. The molecule has 0 radical (unpaired) electrons. The minimum Gasteiger partial charge on any atom is -0.449 e. The number of amidine groups is 1. The molecule has 0 aliphatic carbocycles. The molecule has 1 atom stereocenters. The van der Waals surface area contributed by atoms with Crippen LogP contribution in [-0.2, 0) is 4.74 Å². The monoisotopic (exact) mass is 231 g/mol. The Bertz CT molecular complexity index is 241. The van der Waals surface area contributed by atoms with Crippen LogP contribution in [0.3, 0.4) is 0 Å². The predicted octanol–water partition coefficient (Wildman–Crippen LogP) is 1.28. The Kier molecular flexibility index (Phi) is 7.07. The standard InChI is InChI=1S/C10H21N3O3/c1-4-5-8(9(11)13-15)12-10(14)16-6-7(2)3/h7-8,15H,4-6H2,1-3H3,(H2,11,13)(H,12,14). The summed E-state index contributed by atoms with van der Waals surface area (Å²) in [5.74, 6) is 0.266. The second-order valence-corrected chi connectivity index (χ2v) is 4.00. The number of nitrogens with zero attached hydrogens (tertiary/aromatic N) is 1. The Morgan fingerprint density at radius 1 is 1.56 bits per heavy atom. The topological polar surface area (TPSA) is 96.9 Å². The quantitative estimate of drug-likeness (QED) is 0.277. The van der Waals surface area contributed by atoms with Crippen molar-refractivity contribution in [3.05, 3.63) is 0 Å². The van der Waals surface area contributed by atoms with Crippen molar-refractivity contribution in [1.82, 2.24) is 5.32 Å². The summed E-state index contributed by atoms with van der Waals surface area (Å²) >= 11 is 0. The molecule has 0 aromatic carbocycles. The highest BCUT2D eigenvalue weighted by Gasteiger charge is 2.16. The smallest absolute Gasteiger partial charge is 0.407 e. The Hall–Kier alpha value is -1.46. The number of hydrogen-bond acceptors (Lipinski definition) is 4. The van der Waals surface area contributed by atoms with E-state index < -0.39 is 12.1 Å². The number of amides is 1. The van der Waals surface area contributed by atoms with Gasteiger partial charge in [0.25, 0.3) is 0 Å². The van der Waals surface area contributed by atoms with Crippen LogP contribution < -0.4 is 11.1 Å². The van der Waals surface area contributed by atoms with Crippen molar-refractivity contribution in [2.24, 2.45) is 16.8 Å². The lowest BCUT2D eigenvalue weighted by Crippen LogP contribution is -2.44. The van der Waals surface area contributed by atoms with Gasteiger partial charge in [-0.2, -0.15) is 0 Å². The third kappa shape index (κ3) is 6.10. The van der Waals surface area contributed by atoms with Crippen LogP contribution in [0.2, 0.25) is 0 Å². The van der Waals surface area contributed by atoms with Gasteiger partial charge in [-0.15, -0.1) is 0 Å². The maximum Gasteiger partial charge on any atom is 0.407 e. The molecule has 0 spiro atoms. The lowest BCUT2D eigenvalue weighted by atomic mass is 10.1. The third-order valence-corrected chi connectivity index (χ3v) is 1.89. The van der Waals surface area contributed by atoms with Gasteiger partial charge in [0.15, 0.2) is 5.84 Å². The maximum atomic E-state index is 11.3. The second kappa shape index (κ2) is 7.78. The molecule has 0 aliphatic rings. The molecule has 0 bridgehead atoms. The molecule has 0 heterocycles. The number of alkyl carbamates (subject to hydrolysis) is 1. The number of carbonyl (C=O) groups is 1. The Labute approximate surface area is 95.8 Å². The average molecular weight is 231 g/mol. The number of hydrogen-bond donors (Lipinski definition) is 3. The number of carbonyl (C=O) groups excluding carboxylic acids is 1. The summed E-state index contributed by atoms with van der Waals surface area (Å²) in [6, 6.07) is -0.477. The van der Waals surface area contributed by atoms with Crippen molar-refractivity contribution >= 4 is 11.9 Å². The first-order valence-electron chi connectivity index (χ1n) is 5.41. The van der Waals surface area contributed by atoms with E-state index in [1.54, 1.807) is 0 Å². The minimum absolute atomic E-state index is 0.0108. The van der Waals surface area contributed by atoms with Crippen LogP contribution >= 0.6 is 0 Å². The first kappa shape index (κ1) is 14.5. The van der Waals surface area contributed by atoms with Crippen molar-refractivity contribution < 1.29 is 14.7 Å². The summed E-state index contributed by atoms with van der Waals surface area (Å²) in [5.41, 5.74) is 5.44. The van der Waals surface area contributed by atoms with E-state index in [9.17, 15) is 4.79 Å². The van der Waals surface area contributed by atoms with Crippen molar-refractivity contribution in [3.63, 3.8) is 0 Å². The zero-order valence-electron chi connectivity index (χ0n) is 10.1. The van der Waals surface area contributed by atoms with Gasteiger partial charge in [0.1, 0.15) is 0 Å². The molecule has 1 unspecified atom stereocenters. The first-order valence-corrected chi connectivity index (χ1v) is 5.41. The Morgan fingerprint density at radius 3 is 2.62 bits per heavy atom. The molecular weight excluding hydrogens is 210 g/mol. The SMILES string of the molecule is CCCC(NC(=O)OCC(C)C)/C(N)=N/O. The van der Waals surface area contributed by atoms with Crippen LogP contribution in [0.5, 0.6) is 0 Å². The highest BCUT2D eigenvalue weighted by Crippen LogP contribution is 1.99. The fourth-order valence-electron chi connectivity index (χ4n) is 1.08. The van der Waals surface area contributed by atoms with E-state index in [0.717, 1.165) is 6.42 Å². The van der Waals surface area contributed by atoms with Crippen molar-refractivity contribution in [3.8, 4) is 0 Å². The summed E-state index contributed by atoms with van der Waals surface area (Å²) in [6.07, 6.45) is 0.872. The molecule has 4 N–H and O–H groups in total. The second-order valence-electron chi connectivity index (χ2n) is 4.00.